The van der Waals surface area contributed by atoms with Gasteiger partial charge in [0.25, 0.3) is 0 Å². The lowest BCUT2D eigenvalue weighted by Gasteiger charge is -2.06. The number of rotatable bonds is 5. The van der Waals surface area contributed by atoms with Crippen LogP contribution in [0.25, 0.3) is 5.69 Å². The van der Waals surface area contributed by atoms with Crippen molar-refractivity contribution in [3.8, 4) is 11.8 Å². The van der Waals surface area contributed by atoms with Crippen LogP contribution in [0.1, 0.15) is 5.56 Å². The number of halogens is 1. The Balaban J connectivity index is 2.05. The number of amides is 2. The van der Waals surface area contributed by atoms with E-state index in [1.807, 2.05) is 0 Å². The van der Waals surface area contributed by atoms with Crippen LogP contribution in [0, 0.1) is 17.1 Å². The third-order valence-electron chi connectivity index (χ3n) is 2.94. The topological polar surface area (TPSA) is 117 Å². The zero-order valence-corrected chi connectivity index (χ0v) is 13.5. The molecular formula is C14H14FN5O3S. The Kier molecular flexibility index (Phi) is 5.15. The summed E-state index contributed by atoms with van der Waals surface area (Å²) in [5.74, 6) is -0.678. The summed E-state index contributed by atoms with van der Waals surface area (Å²) < 4.78 is 36.8. The van der Waals surface area contributed by atoms with E-state index >= 15 is 0 Å². The minimum absolute atomic E-state index is 0.0339. The molecule has 0 bridgehead atoms. The van der Waals surface area contributed by atoms with E-state index in [0.29, 0.717) is 0 Å². The molecule has 2 aromatic rings. The molecule has 0 radical (unpaired) electrons. The van der Waals surface area contributed by atoms with Gasteiger partial charge in [-0.3, -0.25) is 5.32 Å². The number of carbonyl (C=O) groups is 1. The van der Waals surface area contributed by atoms with Gasteiger partial charge < -0.3 is 5.32 Å². The van der Waals surface area contributed by atoms with E-state index in [1.54, 1.807) is 6.07 Å². The Morgan fingerprint density at radius 2 is 2.17 bits per heavy atom. The average Bonchev–Trinajstić information content (AvgIpc) is 2.93. The maximum atomic E-state index is 13.6. The summed E-state index contributed by atoms with van der Waals surface area (Å²) in [7, 11) is -3.16. The summed E-state index contributed by atoms with van der Waals surface area (Å²) in [5.41, 5.74) is 0.0767. The average molecular weight is 351 g/mol. The van der Waals surface area contributed by atoms with Crippen molar-refractivity contribution in [1.29, 1.82) is 5.26 Å². The number of anilines is 1. The molecule has 24 heavy (non-hydrogen) atoms. The van der Waals surface area contributed by atoms with Gasteiger partial charge in [0.15, 0.2) is 5.82 Å². The van der Waals surface area contributed by atoms with Crippen molar-refractivity contribution in [1.82, 2.24) is 15.1 Å². The summed E-state index contributed by atoms with van der Waals surface area (Å²) in [6, 6.07) is 6.73. The number of carbonyl (C=O) groups excluding carboxylic acids is 1. The molecule has 8 nitrogen and oxygen atoms in total. The molecule has 0 spiro atoms. The van der Waals surface area contributed by atoms with Crippen molar-refractivity contribution in [2.24, 2.45) is 0 Å². The van der Waals surface area contributed by atoms with Crippen molar-refractivity contribution in [2.75, 3.05) is 23.9 Å². The number of sulfone groups is 1. The maximum absolute atomic E-state index is 13.6. The summed E-state index contributed by atoms with van der Waals surface area (Å²) in [5, 5.41) is 17.8. The second kappa shape index (κ2) is 7.10. The molecule has 0 saturated heterocycles. The molecule has 2 rings (SSSR count). The fourth-order valence-corrected chi connectivity index (χ4v) is 2.32. The van der Waals surface area contributed by atoms with Crippen LogP contribution in [0.5, 0.6) is 0 Å². The molecule has 0 saturated carbocycles. The van der Waals surface area contributed by atoms with Crippen molar-refractivity contribution in [2.45, 2.75) is 0 Å². The lowest BCUT2D eigenvalue weighted by Crippen LogP contribution is -2.32. The van der Waals surface area contributed by atoms with E-state index in [0.717, 1.165) is 6.26 Å². The van der Waals surface area contributed by atoms with Gasteiger partial charge in [-0.2, -0.15) is 5.26 Å². The van der Waals surface area contributed by atoms with Crippen molar-refractivity contribution in [3.05, 3.63) is 41.8 Å². The second-order valence-corrected chi connectivity index (χ2v) is 7.16. The lowest BCUT2D eigenvalue weighted by atomic mass is 10.2. The summed E-state index contributed by atoms with van der Waals surface area (Å²) in [6.45, 7) is -0.0339. The normalized spacial score (nSPS) is 10.9. The highest BCUT2D eigenvalue weighted by Gasteiger charge is 2.12. The van der Waals surface area contributed by atoms with E-state index in [-0.39, 0.29) is 29.4 Å². The van der Waals surface area contributed by atoms with Crippen molar-refractivity contribution < 1.29 is 17.6 Å². The van der Waals surface area contributed by atoms with Gasteiger partial charge in [0, 0.05) is 25.1 Å². The van der Waals surface area contributed by atoms with Gasteiger partial charge in [-0.15, -0.1) is 5.10 Å². The van der Waals surface area contributed by atoms with Crippen LogP contribution in [0.4, 0.5) is 15.0 Å². The minimum Gasteiger partial charge on any atom is -0.337 e. The molecular weight excluding hydrogens is 337 g/mol. The number of urea groups is 1. The van der Waals surface area contributed by atoms with Gasteiger partial charge in [-0.05, 0) is 12.1 Å². The number of aromatic nitrogens is 2. The van der Waals surface area contributed by atoms with E-state index in [2.05, 4.69) is 15.7 Å². The Labute approximate surface area is 137 Å². The standard InChI is InChI=1S/C14H14FN5O3S/c1-24(22,23)8-6-17-14(21)18-13-5-7-20(19-13)12-4-2-3-11(15)10(12)9-16/h2-5,7H,6,8H2,1H3,(H2,17,18,19,21). The van der Waals surface area contributed by atoms with E-state index < -0.39 is 21.7 Å². The zero-order chi connectivity index (χ0) is 17.7. The second-order valence-electron chi connectivity index (χ2n) is 4.90. The molecule has 0 aliphatic rings. The van der Waals surface area contributed by atoms with Gasteiger partial charge in [-0.25, -0.2) is 22.3 Å². The highest BCUT2D eigenvalue weighted by Crippen LogP contribution is 2.17. The quantitative estimate of drug-likeness (QED) is 0.835. The van der Waals surface area contributed by atoms with Crippen LogP contribution in [-0.4, -0.2) is 42.8 Å². The van der Waals surface area contributed by atoms with E-state index in [9.17, 15) is 17.6 Å². The third-order valence-corrected chi connectivity index (χ3v) is 3.89. The number of hydrogen-bond donors (Lipinski definition) is 2. The molecule has 0 aliphatic carbocycles. The zero-order valence-electron chi connectivity index (χ0n) is 12.7. The Morgan fingerprint density at radius 3 is 2.83 bits per heavy atom. The molecule has 0 aliphatic heterocycles. The van der Waals surface area contributed by atoms with Crippen LogP contribution in [0.15, 0.2) is 30.5 Å². The number of hydrogen-bond acceptors (Lipinski definition) is 5. The smallest absolute Gasteiger partial charge is 0.320 e. The minimum atomic E-state index is -3.16. The monoisotopic (exact) mass is 351 g/mol. The highest BCUT2D eigenvalue weighted by molar-refractivity contribution is 7.90. The molecule has 0 atom stereocenters. The molecule has 1 heterocycles. The number of nitrogens with one attached hydrogen (secondary N) is 2. The molecule has 10 heteroatoms. The number of benzene rings is 1. The van der Waals surface area contributed by atoms with Gasteiger partial charge in [0.2, 0.25) is 0 Å². The summed E-state index contributed by atoms with van der Waals surface area (Å²) in [4.78, 5) is 11.6. The highest BCUT2D eigenvalue weighted by atomic mass is 32.2. The van der Waals surface area contributed by atoms with Gasteiger partial charge in [-0.1, -0.05) is 6.07 Å². The first-order valence-electron chi connectivity index (χ1n) is 6.77. The van der Waals surface area contributed by atoms with E-state index in [1.165, 1.54) is 35.1 Å². The first-order chi connectivity index (χ1) is 11.3. The first-order valence-corrected chi connectivity index (χ1v) is 8.83. The predicted octanol–water partition coefficient (Wildman–Crippen LogP) is 1.05. The molecule has 1 aromatic carbocycles. The van der Waals surface area contributed by atoms with Crippen molar-refractivity contribution in [3.63, 3.8) is 0 Å². The van der Waals surface area contributed by atoms with Gasteiger partial charge in [0.05, 0.1) is 11.4 Å². The molecule has 1 aromatic heterocycles. The predicted molar refractivity (Wildman–Crippen MR) is 85.0 cm³/mol. The first kappa shape index (κ1) is 17.4. The molecule has 2 amide bonds. The Morgan fingerprint density at radius 1 is 1.42 bits per heavy atom. The van der Waals surface area contributed by atoms with Gasteiger partial charge >= 0.3 is 6.03 Å². The third kappa shape index (κ3) is 4.53. The molecule has 0 unspecified atom stereocenters. The van der Waals surface area contributed by atoms with Gasteiger partial charge in [0.1, 0.15) is 27.3 Å². The number of nitrogens with zero attached hydrogens (tertiary/aromatic N) is 3. The molecule has 126 valence electrons. The fraction of sp³-hybridized carbons (Fsp3) is 0.214. The lowest BCUT2D eigenvalue weighted by molar-refractivity contribution is 0.252. The van der Waals surface area contributed by atoms with Crippen LogP contribution >= 0.6 is 0 Å². The molecule has 2 N–H and O–H groups in total. The molecule has 0 fully saturated rings. The van der Waals surface area contributed by atoms with Crippen LogP contribution < -0.4 is 10.6 Å². The Bertz CT molecular complexity index is 901. The fourth-order valence-electron chi connectivity index (χ4n) is 1.85. The largest absolute Gasteiger partial charge is 0.337 e. The maximum Gasteiger partial charge on any atom is 0.320 e. The SMILES string of the molecule is CS(=O)(=O)CCNC(=O)Nc1ccn(-c2cccc(F)c2C#N)n1. The Hall–Kier alpha value is -2.93. The number of nitriles is 1. The summed E-state index contributed by atoms with van der Waals surface area (Å²) in [6.07, 6.45) is 2.53. The van der Waals surface area contributed by atoms with E-state index in [4.69, 9.17) is 5.26 Å². The van der Waals surface area contributed by atoms with Crippen molar-refractivity contribution >= 4 is 21.7 Å². The van der Waals surface area contributed by atoms with Crippen LogP contribution in [-0.2, 0) is 9.84 Å². The van der Waals surface area contributed by atoms with Crippen LogP contribution in [0.2, 0.25) is 0 Å². The summed E-state index contributed by atoms with van der Waals surface area (Å²) >= 11 is 0. The van der Waals surface area contributed by atoms with Crippen LogP contribution in [0.3, 0.4) is 0 Å².